The molecule has 2 bridgehead atoms. The maximum Gasteiger partial charge on any atom is 0.251 e. The molecule has 0 unspecified atom stereocenters. The number of anilines is 1. The predicted octanol–water partition coefficient (Wildman–Crippen LogP) is 4.88. The summed E-state index contributed by atoms with van der Waals surface area (Å²) >= 11 is 0. The molecule has 0 saturated heterocycles. The lowest BCUT2D eigenvalue weighted by molar-refractivity contribution is 0.0951. The monoisotopic (exact) mass is 358 g/mol. The molecule has 1 aliphatic heterocycles. The van der Waals surface area contributed by atoms with Gasteiger partial charge in [0, 0.05) is 17.3 Å². The van der Waals surface area contributed by atoms with Gasteiger partial charge in [-0.3, -0.25) is 4.79 Å². The summed E-state index contributed by atoms with van der Waals surface area (Å²) in [5, 5.41) is 7.00. The average Bonchev–Trinajstić information content (AvgIpc) is 3.28. The number of benzene rings is 2. The van der Waals surface area contributed by atoms with Gasteiger partial charge >= 0.3 is 0 Å². The number of nitrogens with one attached hydrogen (secondary N) is 2. The lowest BCUT2D eigenvalue weighted by Gasteiger charge is -2.43. The van der Waals surface area contributed by atoms with Crippen LogP contribution >= 0.6 is 0 Å². The van der Waals surface area contributed by atoms with E-state index in [0.717, 1.165) is 30.2 Å². The Morgan fingerprint density at radius 3 is 2.59 bits per heavy atom. The summed E-state index contributed by atoms with van der Waals surface area (Å²) in [6.45, 7) is 0. The van der Waals surface area contributed by atoms with Gasteiger partial charge in [0.25, 0.3) is 5.91 Å². The first kappa shape index (κ1) is 15.7. The van der Waals surface area contributed by atoms with Crippen LogP contribution in [0.25, 0.3) is 0 Å². The Balaban J connectivity index is 1.40. The first-order valence-electron chi connectivity index (χ1n) is 10.5. The maximum absolute atomic E-state index is 12.6. The fourth-order valence-corrected chi connectivity index (χ4v) is 6.11. The van der Waals surface area contributed by atoms with E-state index in [1.54, 1.807) is 0 Å². The molecule has 138 valence electrons. The van der Waals surface area contributed by atoms with Crippen molar-refractivity contribution in [3.05, 3.63) is 65.2 Å². The second-order valence-electron chi connectivity index (χ2n) is 9.02. The van der Waals surface area contributed by atoms with Crippen LogP contribution in [0.2, 0.25) is 0 Å². The van der Waals surface area contributed by atoms with Crippen LogP contribution in [-0.2, 0) is 0 Å². The zero-order valence-corrected chi connectivity index (χ0v) is 15.5. The van der Waals surface area contributed by atoms with E-state index < -0.39 is 0 Å². The highest BCUT2D eigenvalue weighted by molar-refractivity contribution is 5.95. The van der Waals surface area contributed by atoms with Crippen LogP contribution in [0.3, 0.4) is 0 Å². The third-order valence-electron chi connectivity index (χ3n) is 7.42. The Morgan fingerprint density at radius 2 is 1.78 bits per heavy atom. The van der Waals surface area contributed by atoms with E-state index in [1.807, 2.05) is 6.07 Å². The maximum atomic E-state index is 12.6. The van der Waals surface area contributed by atoms with E-state index in [1.165, 1.54) is 36.1 Å². The van der Waals surface area contributed by atoms with Gasteiger partial charge in [-0.1, -0.05) is 30.3 Å². The van der Waals surface area contributed by atoms with Crippen LogP contribution in [0, 0.1) is 17.8 Å². The summed E-state index contributed by atoms with van der Waals surface area (Å²) in [6, 6.07) is 18.1. The Morgan fingerprint density at radius 1 is 0.963 bits per heavy atom. The second kappa shape index (κ2) is 5.85. The Hall–Kier alpha value is -2.29. The molecule has 3 nitrogen and oxygen atoms in total. The van der Waals surface area contributed by atoms with E-state index in [0.29, 0.717) is 23.9 Å². The van der Waals surface area contributed by atoms with Gasteiger partial charge in [0.05, 0.1) is 6.04 Å². The molecule has 27 heavy (non-hydrogen) atoms. The topological polar surface area (TPSA) is 41.1 Å². The predicted molar refractivity (Wildman–Crippen MR) is 107 cm³/mol. The molecule has 1 amide bonds. The number of hydrogen-bond donors (Lipinski definition) is 2. The number of amides is 1. The van der Waals surface area contributed by atoms with E-state index in [2.05, 4.69) is 53.1 Å². The van der Waals surface area contributed by atoms with Crippen molar-refractivity contribution >= 4 is 11.6 Å². The number of carbonyl (C=O) groups is 1. The van der Waals surface area contributed by atoms with Crippen molar-refractivity contribution in [3.8, 4) is 0 Å². The van der Waals surface area contributed by atoms with Crippen LogP contribution in [0.1, 0.15) is 65.5 Å². The largest absolute Gasteiger partial charge is 0.378 e. The third kappa shape index (κ3) is 2.51. The molecule has 4 aliphatic rings. The number of rotatable bonds is 3. The van der Waals surface area contributed by atoms with Crippen LogP contribution in [0.15, 0.2) is 48.5 Å². The van der Waals surface area contributed by atoms with Crippen LogP contribution in [-0.4, -0.2) is 11.9 Å². The van der Waals surface area contributed by atoms with Gasteiger partial charge < -0.3 is 10.6 Å². The highest BCUT2D eigenvalue weighted by Crippen LogP contribution is 2.63. The van der Waals surface area contributed by atoms with Crippen molar-refractivity contribution in [2.45, 2.75) is 50.1 Å². The quantitative estimate of drug-likeness (QED) is 0.821. The molecule has 0 spiro atoms. The highest BCUT2D eigenvalue weighted by Gasteiger charge is 2.53. The lowest BCUT2D eigenvalue weighted by Crippen LogP contribution is -2.35. The van der Waals surface area contributed by atoms with Gasteiger partial charge in [-0.25, -0.2) is 0 Å². The summed E-state index contributed by atoms with van der Waals surface area (Å²) in [5.41, 5.74) is 4.87. The molecule has 6 rings (SSSR count). The highest BCUT2D eigenvalue weighted by atomic mass is 16.1. The van der Waals surface area contributed by atoms with Gasteiger partial charge in [0.2, 0.25) is 0 Å². The van der Waals surface area contributed by atoms with Gasteiger partial charge in [-0.15, -0.1) is 0 Å². The Kier molecular flexibility index (Phi) is 3.41. The minimum Gasteiger partial charge on any atom is -0.378 e. The van der Waals surface area contributed by atoms with Crippen LogP contribution in [0.5, 0.6) is 0 Å². The van der Waals surface area contributed by atoms with Gasteiger partial charge in [0.15, 0.2) is 0 Å². The van der Waals surface area contributed by atoms with Crippen molar-refractivity contribution in [3.63, 3.8) is 0 Å². The zero-order chi connectivity index (χ0) is 18.0. The first-order valence-corrected chi connectivity index (χ1v) is 10.5. The van der Waals surface area contributed by atoms with Crippen molar-refractivity contribution in [2.24, 2.45) is 17.8 Å². The zero-order valence-electron chi connectivity index (χ0n) is 15.5. The van der Waals surface area contributed by atoms with E-state index >= 15 is 0 Å². The fourth-order valence-electron chi connectivity index (χ4n) is 6.11. The van der Waals surface area contributed by atoms with Crippen LogP contribution < -0.4 is 10.6 Å². The number of hydrogen-bond acceptors (Lipinski definition) is 2. The SMILES string of the molecule is O=C(NC1CC1)c1ccc2c(c1)[C@@H]1[C@H]3CC[C@@H](C3)[C@@H]1[C@H](c1ccccc1)N2. The van der Waals surface area contributed by atoms with Gasteiger partial charge in [-0.2, -0.15) is 0 Å². The summed E-state index contributed by atoms with van der Waals surface area (Å²) < 4.78 is 0. The third-order valence-corrected chi connectivity index (χ3v) is 7.42. The number of fused-ring (bicyclic) bond motifs is 7. The molecule has 3 heteroatoms. The molecule has 1 heterocycles. The van der Waals surface area contributed by atoms with E-state index in [4.69, 9.17) is 0 Å². The lowest BCUT2D eigenvalue weighted by atomic mass is 9.68. The van der Waals surface area contributed by atoms with Crippen molar-refractivity contribution < 1.29 is 4.79 Å². The molecule has 2 aromatic rings. The Labute approximate surface area is 160 Å². The smallest absolute Gasteiger partial charge is 0.251 e. The van der Waals surface area contributed by atoms with Gasteiger partial charge in [0.1, 0.15) is 0 Å². The fraction of sp³-hybridized carbons (Fsp3) is 0.458. The summed E-state index contributed by atoms with van der Waals surface area (Å²) in [4.78, 5) is 12.6. The summed E-state index contributed by atoms with van der Waals surface area (Å²) in [5.74, 6) is 2.95. The van der Waals surface area contributed by atoms with Crippen LogP contribution in [0.4, 0.5) is 5.69 Å². The first-order chi connectivity index (χ1) is 13.3. The normalized spacial score (nSPS) is 33.1. The molecule has 5 atom stereocenters. The standard InChI is InChI=1S/C24H26N2O/c27-24(25-18-9-10-18)17-8-11-20-19(13-17)21-15-6-7-16(12-15)22(21)23(26-20)14-4-2-1-3-5-14/h1-5,8,11,13,15-16,18,21-23,26H,6-7,9-10,12H2,(H,25,27)/t15-,16-,21-,22-,23-/m0/s1. The molecule has 3 aliphatic carbocycles. The van der Waals surface area contributed by atoms with E-state index in [-0.39, 0.29) is 5.91 Å². The van der Waals surface area contributed by atoms with E-state index in [9.17, 15) is 4.79 Å². The molecule has 3 fully saturated rings. The molecule has 0 aromatic heterocycles. The molecule has 2 N–H and O–H groups in total. The minimum absolute atomic E-state index is 0.102. The molecule has 3 saturated carbocycles. The summed E-state index contributed by atoms with van der Waals surface area (Å²) in [6.07, 6.45) is 6.34. The van der Waals surface area contributed by atoms with Gasteiger partial charge in [-0.05, 0) is 85.1 Å². The van der Waals surface area contributed by atoms with Crippen molar-refractivity contribution in [1.29, 1.82) is 0 Å². The number of carbonyl (C=O) groups excluding carboxylic acids is 1. The molecular weight excluding hydrogens is 332 g/mol. The Bertz CT molecular complexity index is 889. The van der Waals surface area contributed by atoms with Crippen molar-refractivity contribution in [1.82, 2.24) is 5.32 Å². The summed E-state index contributed by atoms with van der Waals surface area (Å²) in [7, 11) is 0. The minimum atomic E-state index is 0.102. The van der Waals surface area contributed by atoms with Crippen molar-refractivity contribution in [2.75, 3.05) is 5.32 Å². The second-order valence-corrected chi connectivity index (χ2v) is 9.02. The average molecular weight is 358 g/mol. The molecule has 2 aromatic carbocycles. The molecule has 0 radical (unpaired) electrons. The molecular formula is C24H26N2O.